The fourth-order valence-electron chi connectivity index (χ4n) is 2.15. The molecule has 0 saturated carbocycles. The number of rotatable bonds is 3. The third-order valence-electron chi connectivity index (χ3n) is 3.06. The normalized spacial score (nSPS) is 11.2. The molecule has 0 radical (unpaired) electrons. The van der Waals surface area contributed by atoms with Gasteiger partial charge in [-0.05, 0) is 23.8 Å². The first-order valence-electron chi connectivity index (χ1n) is 5.98. The zero-order chi connectivity index (χ0) is 14.1. The quantitative estimate of drug-likeness (QED) is 0.692. The number of benzene rings is 1. The Labute approximate surface area is 118 Å². The molecule has 1 aromatic carbocycles. The van der Waals surface area contributed by atoms with Gasteiger partial charge in [-0.15, -0.1) is 11.6 Å². The molecule has 0 bridgehead atoms. The molecule has 102 valence electrons. The molecule has 0 unspecified atom stereocenters. The summed E-state index contributed by atoms with van der Waals surface area (Å²) < 4.78 is 29.0. The van der Waals surface area contributed by atoms with Crippen LogP contribution in [0.1, 0.15) is 11.4 Å². The monoisotopic (exact) mass is 293 g/mol. The lowest BCUT2D eigenvalue weighted by atomic mass is 10.2. The van der Waals surface area contributed by atoms with Gasteiger partial charge in [-0.1, -0.05) is 6.07 Å². The Morgan fingerprint density at radius 3 is 2.75 bits per heavy atom. The summed E-state index contributed by atoms with van der Waals surface area (Å²) in [6.07, 6.45) is 3.32. The van der Waals surface area contributed by atoms with Gasteiger partial charge in [-0.3, -0.25) is 4.98 Å². The van der Waals surface area contributed by atoms with Crippen molar-refractivity contribution in [2.24, 2.45) is 0 Å². The van der Waals surface area contributed by atoms with Gasteiger partial charge >= 0.3 is 0 Å². The second kappa shape index (κ2) is 5.17. The van der Waals surface area contributed by atoms with Gasteiger partial charge in [0.05, 0.1) is 17.9 Å². The van der Waals surface area contributed by atoms with Crippen LogP contribution in [0.5, 0.6) is 0 Å². The van der Waals surface area contributed by atoms with Crippen LogP contribution in [-0.4, -0.2) is 14.5 Å². The molecule has 0 saturated heterocycles. The lowest BCUT2D eigenvalue weighted by molar-refractivity contribution is 0.512. The zero-order valence-electron chi connectivity index (χ0n) is 10.4. The number of alkyl halides is 1. The van der Waals surface area contributed by atoms with E-state index in [0.29, 0.717) is 17.9 Å². The Morgan fingerprint density at radius 2 is 2.05 bits per heavy atom. The summed E-state index contributed by atoms with van der Waals surface area (Å²) in [5.41, 5.74) is 1.38. The van der Waals surface area contributed by atoms with E-state index in [4.69, 9.17) is 11.6 Å². The molecule has 20 heavy (non-hydrogen) atoms. The van der Waals surface area contributed by atoms with Gasteiger partial charge < -0.3 is 4.57 Å². The molecular weight excluding hydrogens is 284 g/mol. The maximum absolute atomic E-state index is 14.0. The third kappa shape index (κ3) is 2.14. The minimum absolute atomic E-state index is 0.121. The number of hydrogen-bond donors (Lipinski definition) is 0. The van der Waals surface area contributed by atoms with Crippen molar-refractivity contribution in [3.63, 3.8) is 0 Å². The summed E-state index contributed by atoms with van der Waals surface area (Å²) in [4.78, 5) is 8.24. The number of fused-ring (bicyclic) bond motifs is 1. The maximum atomic E-state index is 14.0. The fourth-order valence-corrected chi connectivity index (χ4v) is 2.36. The van der Waals surface area contributed by atoms with E-state index in [1.54, 1.807) is 23.0 Å². The Morgan fingerprint density at radius 1 is 1.20 bits per heavy atom. The van der Waals surface area contributed by atoms with Crippen molar-refractivity contribution in [1.82, 2.24) is 14.5 Å². The molecule has 3 aromatic rings. The van der Waals surface area contributed by atoms with Crippen molar-refractivity contribution >= 4 is 22.6 Å². The SMILES string of the molecule is Fc1ccc2nc(CCl)n(Cc3cccnc3)c2c1F. The van der Waals surface area contributed by atoms with Crippen molar-refractivity contribution in [1.29, 1.82) is 0 Å². The van der Waals surface area contributed by atoms with Gasteiger partial charge in [0, 0.05) is 12.4 Å². The van der Waals surface area contributed by atoms with Crippen molar-refractivity contribution in [2.45, 2.75) is 12.4 Å². The van der Waals surface area contributed by atoms with Gasteiger partial charge in [-0.25, -0.2) is 13.8 Å². The zero-order valence-corrected chi connectivity index (χ0v) is 11.1. The maximum Gasteiger partial charge on any atom is 0.184 e. The van der Waals surface area contributed by atoms with Crippen molar-refractivity contribution in [2.75, 3.05) is 0 Å². The number of halogens is 3. The van der Waals surface area contributed by atoms with Gasteiger partial charge in [0.25, 0.3) is 0 Å². The summed E-state index contributed by atoms with van der Waals surface area (Å²) in [7, 11) is 0. The van der Waals surface area contributed by atoms with E-state index >= 15 is 0 Å². The molecule has 0 aliphatic heterocycles. The summed E-state index contributed by atoms with van der Waals surface area (Å²) in [5, 5.41) is 0. The van der Waals surface area contributed by atoms with E-state index in [-0.39, 0.29) is 11.4 Å². The van der Waals surface area contributed by atoms with Crippen LogP contribution in [0.2, 0.25) is 0 Å². The Balaban J connectivity index is 2.19. The van der Waals surface area contributed by atoms with E-state index in [1.807, 2.05) is 6.07 Å². The van der Waals surface area contributed by atoms with Gasteiger partial charge in [0.1, 0.15) is 11.3 Å². The predicted octanol–water partition coefficient (Wildman–Crippen LogP) is 3.50. The first-order valence-corrected chi connectivity index (χ1v) is 6.52. The number of hydrogen-bond acceptors (Lipinski definition) is 2. The average molecular weight is 294 g/mol. The van der Waals surface area contributed by atoms with Crippen LogP contribution in [0.4, 0.5) is 8.78 Å². The summed E-state index contributed by atoms with van der Waals surface area (Å²) in [5.74, 6) is -1.19. The highest BCUT2D eigenvalue weighted by molar-refractivity contribution is 6.16. The predicted molar refractivity (Wildman–Crippen MR) is 72.5 cm³/mol. The number of pyridine rings is 1. The Bertz CT molecular complexity index is 756. The van der Waals surface area contributed by atoms with Crippen LogP contribution in [0.15, 0.2) is 36.7 Å². The highest BCUT2D eigenvalue weighted by Crippen LogP contribution is 2.23. The van der Waals surface area contributed by atoms with E-state index in [2.05, 4.69) is 9.97 Å². The Kier molecular flexibility index (Phi) is 3.36. The summed E-state index contributed by atoms with van der Waals surface area (Å²) >= 11 is 5.85. The Hall–Kier alpha value is -2.01. The van der Waals surface area contributed by atoms with Gasteiger partial charge in [-0.2, -0.15) is 0 Å². The molecule has 0 N–H and O–H groups in total. The largest absolute Gasteiger partial charge is 0.320 e. The molecule has 0 spiro atoms. The summed E-state index contributed by atoms with van der Waals surface area (Å²) in [6.45, 7) is 0.340. The van der Waals surface area contributed by atoms with Crippen molar-refractivity contribution < 1.29 is 8.78 Å². The first-order chi connectivity index (χ1) is 9.70. The van der Waals surface area contributed by atoms with E-state index in [0.717, 1.165) is 11.6 Å². The smallest absolute Gasteiger partial charge is 0.184 e. The fraction of sp³-hybridized carbons (Fsp3) is 0.143. The van der Waals surface area contributed by atoms with Crippen LogP contribution < -0.4 is 0 Å². The lowest BCUT2D eigenvalue weighted by Crippen LogP contribution is -2.05. The molecule has 3 rings (SSSR count). The second-order valence-electron chi connectivity index (χ2n) is 4.34. The molecule has 2 aromatic heterocycles. The minimum atomic E-state index is -0.907. The highest BCUT2D eigenvalue weighted by Gasteiger charge is 2.17. The first kappa shape index (κ1) is 13.0. The van der Waals surface area contributed by atoms with Crippen LogP contribution in [0.25, 0.3) is 11.0 Å². The molecule has 6 heteroatoms. The van der Waals surface area contributed by atoms with Crippen molar-refractivity contribution in [3.8, 4) is 0 Å². The van der Waals surface area contributed by atoms with Crippen LogP contribution >= 0.6 is 11.6 Å². The molecular formula is C14H10ClF2N3. The number of imidazole rings is 1. The summed E-state index contributed by atoms with van der Waals surface area (Å²) in [6, 6.07) is 6.15. The molecule has 0 atom stereocenters. The van der Waals surface area contributed by atoms with Crippen LogP contribution in [-0.2, 0) is 12.4 Å². The lowest BCUT2D eigenvalue weighted by Gasteiger charge is -2.08. The van der Waals surface area contributed by atoms with E-state index in [1.165, 1.54) is 6.07 Å². The van der Waals surface area contributed by atoms with Gasteiger partial charge in [0.15, 0.2) is 11.6 Å². The third-order valence-corrected chi connectivity index (χ3v) is 3.30. The van der Waals surface area contributed by atoms with E-state index < -0.39 is 11.6 Å². The molecule has 0 amide bonds. The molecule has 0 fully saturated rings. The van der Waals surface area contributed by atoms with Crippen LogP contribution in [0, 0.1) is 11.6 Å². The number of nitrogens with zero attached hydrogens (tertiary/aromatic N) is 3. The average Bonchev–Trinajstić information content (AvgIpc) is 2.83. The topological polar surface area (TPSA) is 30.7 Å². The van der Waals surface area contributed by atoms with E-state index in [9.17, 15) is 8.78 Å². The highest BCUT2D eigenvalue weighted by atomic mass is 35.5. The van der Waals surface area contributed by atoms with Gasteiger partial charge in [0.2, 0.25) is 0 Å². The molecule has 3 nitrogen and oxygen atoms in total. The molecule has 0 aliphatic carbocycles. The standard InChI is InChI=1S/C14H10ClF2N3/c15-6-12-19-11-4-3-10(16)13(17)14(11)20(12)8-9-2-1-5-18-7-9/h1-5,7H,6,8H2. The molecule has 0 aliphatic rings. The minimum Gasteiger partial charge on any atom is -0.320 e. The second-order valence-corrected chi connectivity index (χ2v) is 4.61. The number of aromatic nitrogens is 3. The molecule has 2 heterocycles. The van der Waals surface area contributed by atoms with Crippen molar-refractivity contribution in [3.05, 3.63) is 59.7 Å². The van der Waals surface area contributed by atoms with Crippen LogP contribution in [0.3, 0.4) is 0 Å².